The van der Waals surface area contributed by atoms with Gasteiger partial charge in [-0.1, -0.05) is 35.9 Å². The predicted octanol–water partition coefficient (Wildman–Crippen LogP) is 4.74. The number of rotatable bonds is 5. The number of benzene rings is 2. The third kappa shape index (κ3) is 4.22. The Balaban J connectivity index is 2.06. The molecule has 1 aliphatic rings. The van der Waals surface area contributed by atoms with Crippen molar-refractivity contribution in [2.24, 2.45) is 0 Å². The van der Waals surface area contributed by atoms with Crippen LogP contribution in [0, 0.1) is 0 Å². The first-order valence-electron chi connectivity index (χ1n) is 9.33. The lowest BCUT2D eigenvalue weighted by Gasteiger charge is -2.38. The summed E-state index contributed by atoms with van der Waals surface area (Å²) in [6.07, 6.45) is 0. The number of nitrogens with one attached hydrogen (secondary N) is 2. The summed E-state index contributed by atoms with van der Waals surface area (Å²) in [5.74, 6) is 0.250. The van der Waals surface area contributed by atoms with E-state index in [0.717, 1.165) is 5.56 Å². The Kier molecular flexibility index (Phi) is 6.13. The number of carbonyl (C=O) groups excluding carboxylic acids is 2. The second-order valence-electron chi connectivity index (χ2n) is 7.05. The van der Waals surface area contributed by atoms with E-state index < -0.39 is 6.04 Å². The molecule has 0 saturated carbocycles. The number of ether oxygens (including phenoxy) is 1. The number of halogens is 1. The first-order chi connectivity index (χ1) is 13.8. The molecule has 0 spiro atoms. The molecule has 152 valence electrons. The van der Waals surface area contributed by atoms with Crippen LogP contribution in [0.1, 0.15) is 32.4 Å². The lowest BCUT2D eigenvalue weighted by atomic mass is 9.93. The fraction of sp³-hybridized carbons (Fsp3) is 0.273. The molecule has 0 saturated heterocycles. The molecule has 2 aromatic carbocycles. The average molecular weight is 414 g/mol. The van der Waals surface area contributed by atoms with Crippen molar-refractivity contribution in [1.82, 2.24) is 10.2 Å². The number of methoxy groups -OCH3 is 1. The van der Waals surface area contributed by atoms with Gasteiger partial charge in [0.1, 0.15) is 5.75 Å². The molecule has 1 heterocycles. The second kappa shape index (κ2) is 8.57. The topological polar surface area (TPSA) is 70.7 Å². The Hall–Kier alpha value is -2.99. The van der Waals surface area contributed by atoms with E-state index in [-0.39, 0.29) is 18.0 Å². The van der Waals surface area contributed by atoms with Gasteiger partial charge in [0.25, 0.3) is 5.91 Å². The maximum Gasteiger partial charge on any atom is 0.322 e. The quantitative estimate of drug-likeness (QED) is 0.743. The summed E-state index contributed by atoms with van der Waals surface area (Å²) in [7, 11) is 1.55. The van der Waals surface area contributed by atoms with E-state index in [1.54, 1.807) is 43.2 Å². The van der Waals surface area contributed by atoms with Crippen molar-refractivity contribution in [3.8, 4) is 5.75 Å². The maximum absolute atomic E-state index is 13.3. The zero-order valence-electron chi connectivity index (χ0n) is 16.8. The van der Waals surface area contributed by atoms with Crippen molar-refractivity contribution in [3.63, 3.8) is 0 Å². The van der Waals surface area contributed by atoms with E-state index in [1.165, 1.54) is 0 Å². The number of amides is 3. The lowest BCUT2D eigenvalue weighted by molar-refractivity contribution is -0.113. The highest BCUT2D eigenvalue weighted by molar-refractivity contribution is 6.30. The van der Waals surface area contributed by atoms with Crippen LogP contribution < -0.4 is 15.4 Å². The molecule has 0 aromatic heterocycles. The number of urea groups is 1. The Labute approximate surface area is 175 Å². The van der Waals surface area contributed by atoms with Gasteiger partial charge >= 0.3 is 6.03 Å². The summed E-state index contributed by atoms with van der Waals surface area (Å²) < 4.78 is 5.34. The average Bonchev–Trinajstić information content (AvgIpc) is 2.68. The van der Waals surface area contributed by atoms with E-state index in [1.807, 2.05) is 38.1 Å². The van der Waals surface area contributed by atoms with Crippen LogP contribution in [0.2, 0.25) is 5.02 Å². The van der Waals surface area contributed by atoms with Crippen LogP contribution in [0.5, 0.6) is 5.75 Å². The van der Waals surface area contributed by atoms with Gasteiger partial charge in [-0.05, 0) is 50.6 Å². The molecule has 7 heteroatoms. The maximum atomic E-state index is 13.3. The first kappa shape index (κ1) is 20.7. The Morgan fingerprint density at radius 3 is 2.45 bits per heavy atom. The van der Waals surface area contributed by atoms with Gasteiger partial charge in [-0.15, -0.1) is 0 Å². The smallest absolute Gasteiger partial charge is 0.322 e. The van der Waals surface area contributed by atoms with Gasteiger partial charge in [-0.3, -0.25) is 9.69 Å². The summed E-state index contributed by atoms with van der Waals surface area (Å²) in [4.78, 5) is 27.7. The van der Waals surface area contributed by atoms with Crippen LogP contribution in [0.3, 0.4) is 0 Å². The first-order valence-corrected chi connectivity index (χ1v) is 9.71. The summed E-state index contributed by atoms with van der Waals surface area (Å²) in [5.41, 5.74) is 2.40. The molecule has 0 aliphatic carbocycles. The van der Waals surface area contributed by atoms with Crippen LogP contribution in [0.25, 0.3) is 0 Å². The van der Waals surface area contributed by atoms with Crippen molar-refractivity contribution in [1.29, 1.82) is 0 Å². The fourth-order valence-corrected chi connectivity index (χ4v) is 3.64. The molecule has 0 bridgehead atoms. The molecule has 0 unspecified atom stereocenters. The molecular weight excluding hydrogens is 390 g/mol. The number of hydrogen-bond acceptors (Lipinski definition) is 3. The molecule has 3 amide bonds. The molecule has 3 rings (SSSR count). The summed E-state index contributed by atoms with van der Waals surface area (Å²) in [5, 5.41) is 6.46. The van der Waals surface area contributed by atoms with E-state index in [0.29, 0.717) is 27.7 Å². The van der Waals surface area contributed by atoms with E-state index in [2.05, 4.69) is 10.6 Å². The predicted molar refractivity (Wildman–Crippen MR) is 114 cm³/mol. The standard InChI is InChI=1S/C22H24ClN3O3/c1-13(2)26-14(3)19(21(27)24-17-7-5-6-8-18(17)29-4)20(25-22(26)28)15-9-11-16(23)12-10-15/h5-13,20H,1-4H3,(H,24,27)(H,25,28)/t20-/m1/s1. The second-order valence-corrected chi connectivity index (χ2v) is 7.49. The fourth-order valence-electron chi connectivity index (χ4n) is 3.52. The third-order valence-corrected chi connectivity index (χ3v) is 5.10. The zero-order valence-corrected chi connectivity index (χ0v) is 17.6. The van der Waals surface area contributed by atoms with Crippen molar-refractivity contribution in [2.45, 2.75) is 32.9 Å². The number of anilines is 1. The largest absolute Gasteiger partial charge is 0.495 e. The van der Waals surface area contributed by atoms with E-state index in [9.17, 15) is 9.59 Å². The van der Waals surface area contributed by atoms with Gasteiger partial charge < -0.3 is 15.4 Å². The number of para-hydroxylation sites is 2. The summed E-state index contributed by atoms with van der Waals surface area (Å²) >= 11 is 6.01. The molecule has 2 aromatic rings. The Morgan fingerprint density at radius 1 is 1.17 bits per heavy atom. The zero-order chi connectivity index (χ0) is 21.1. The van der Waals surface area contributed by atoms with Crippen molar-refractivity contribution in [2.75, 3.05) is 12.4 Å². The highest BCUT2D eigenvalue weighted by atomic mass is 35.5. The van der Waals surface area contributed by atoms with Crippen molar-refractivity contribution >= 4 is 29.2 Å². The van der Waals surface area contributed by atoms with Gasteiger partial charge in [-0.25, -0.2) is 4.79 Å². The highest BCUT2D eigenvalue weighted by Crippen LogP contribution is 2.33. The minimum Gasteiger partial charge on any atom is -0.495 e. The number of carbonyl (C=O) groups is 2. The molecular formula is C22H24ClN3O3. The van der Waals surface area contributed by atoms with E-state index in [4.69, 9.17) is 16.3 Å². The van der Waals surface area contributed by atoms with Gasteiger partial charge in [0.2, 0.25) is 0 Å². The summed E-state index contributed by atoms with van der Waals surface area (Å²) in [6.45, 7) is 5.60. The number of allylic oxidation sites excluding steroid dienone is 1. The lowest BCUT2D eigenvalue weighted by Crippen LogP contribution is -2.50. The molecule has 0 fully saturated rings. The monoisotopic (exact) mass is 413 g/mol. The summed E-state index contributed by atoms with van der Waals surface area (Å²) in [6, 6.07) is 13.3. The van der Waals surface area contributed by atoms with E-state index >= 15 is 0 Å². The third-order valence-electron chi connectivity index (χ3n) is 4.85. The van der Waals surface area contributed by atoms with Gasteiger partial charge in [-0.2, -0.15) is 0 Å². The highest BCUT2D eigenvalue weighted by Gasteiger charge is 2.36. The number of nitrogens with zero attached hydrogens (tertiary/aromatic N) is 1. The minimum atomic E-state index is -0.593. The molecule has 1 atom stereocenters. The van der Waals surface area contributed by atoms with Crippen molar-refractivity contribution in [3.05, 3.63) is 70.4 Å². The SMILES string of the molecule is COc1ccccc1NC(=O)C1=C(C)N(C(C)C)C(=O)N[C@@H]1c1ccc(Cl)cc1. The minimum absolute atomic E-state index is 0.102. The van der Waals surface area contributed by atoms with Crippen LogP contribution in [-0.2, 0) is 4.79 Å². The molecule has 2 N–H and O–H groups in total. The Morgan fingerprint density at radius 2 is 1.83 bits per heavy atom. The van der Waals surface area contributed by atoms with Gasteiger partial charge in [0, 0.05) is 16.8 Å². The molecule has 6 nitrogen and oxygen atoms in total. The molecule has 29 heavy (non-hydrogen) atoms. The van der Waals surface area contributed by atoms with Gasteiger partial charge in [0.05, 0.1) is 24.4 Å². The molecule has 0 radical (unpaired) electrons. The number of hydrogen-bond donors (Lipinski definition) is 2. The van der Waals surface area contributed by atoms with Crippen LogP contribution in [0.15, 0.2) is 59.8 Å². The normalized spacial score (nSPS) is 16.7. The van der Waals surface area contributed by atoms with Gasteiger partial charge in [0.15, 0.2) is 0 Å². The van der Waals surface area contributed by atoms with Crippen LogP contribution in [0.4, 0.5) is 10.5 Å². The Bertz CT molecular complexity index is 954. The van der Waals surface area contributed by atoms with Crippen LogP contribution >= 0.6 is 11.6 Å². The molecule has 1 aliphatic heterocycles. The van der Waals surface area contributed by atoms with Crippen molar-refractivity contribution < 1.29 is 14.3 Å². The van der Waals surface area contributed by atoms with Crippen LogP contribution in [-0.4, -0.2) is 30.0 Å².